The molecular weight excluding hydrogens is 236 g/mol. The van der Waals surface area contributed by atoms with E-state index in [-0.39, 0.29) is 5.91 Å². The molecule has 1 heterocycles. The second kappa shape index (κ2) is 5.74. The zero-order valence-electron chi connectivity index (χ0n) is 12.1. The first-order valence-corrected chi connectivity index (χ1v) is 7.09. The van der Waals surface area contributed by atoms with Crippen molar-refractivity contribution in [1.29, 1.82) is 0 Å². The summed E-state index contributed by atoms with van der Waals surface area (Å²) in [5.74, 6) is 1.20. The monoisotopic (exact) mass is 260 g/mol. The molecule has 0 radical (unpaired) electrons. The summed E-state index contributed by atoms with van der Waals surface area (Å²) < 4.78 is 0. The van der Waals surface area contributed by atoms with Gasteiger partial charge in [-0.05, 0) is 61.9 Å². The number of hydrogen-bond donors (Lipinski definition) is 1. The van der Waals surface area contributed by atoms with Crippen LogP contribution in [0.15, 0.2) is 18.2 Å². The number of carbonyl (C=O) groups is 1. The van der Waals surface area contributed by atoms with Crippen LogP contribution in [0.1, 0.15) is 34.8 Å². The minimum Gasteiger partial charge on any atom is -0.338 e. The number of nitrogens with two attached hydrogens (primary N) is 1. The van der Waals surface area contributed by atoms with Crippen LogP contribution in [0.3, 0.4) is 0 Å². The molecular formula is C16H24N2O. The topological polar surface area (TPSA) is 46.3 Å². The molecule has 0 bridgehead atoms. The lowest BCUT2D eigenvalue weighted by Crippen LogP contribution is -2.45. The van der Waals surface area contributed by atoms with Crippen molar-refractivity contribution in [1.82, 2.24) is 4.90 Å². The van der Waals surface area contributed by atoms with Gasteiger partial charge in [0, 0.05) is 18.7 Å². The Balaban J connectivity index is 2.13. The van der Waals surface area contributed by atoms with Crippen molar-refractivity contribution in [2.75, 3.05) is 19.6 Å². The van der Waals surface area contributed by atoms with Crippen LogP contribution in [0.4, 0.5) is 0 Å². The lowest BCUT2D eigenvalue weighted by Gasteiger charge is -2.36. The fourth-order valence-electron chi connectivity index (χ4n) is 2.70. The van der Waals surface area contributed by atoms with E-state index in [4.69, 9.17) is 5.73 Å². The summed E-state index contributed by atoms with van der Waals surface area (Å²) in [6.45, 7) is 8.66. The fourth-order valence-corrected chi connectivity index (χ4v) is 2.70. The summed E-state index contributed by atoms with van der Waals surface area (Å²) in [6, 6.07) is 5.95. The van der Waals surface area contributed by atoms with E-state index in [2.05, 4.69) is 13.8 Å². The number of piperidine rings is 1. The molecule has 0 saturated carbocycles. The lowest BCUT2D eigenvalue weighted by molar-refractivity contribution is 0.0618. The van der Waals surface area contributed by atoms with Crippen LogP contribution in [0.2, 0.25) is 0 Å². The predicted octanol–water partition coefficient (Wildman–Crippen LogP) is 2.36. The molecule has 2 rings (SSSR count). The third-order valence-corrected chi connectivity index (χ3v) is 4.46. The largest absolute Gasteiger partial charge is 0.338 e. The van der Waals surface area contributed by atoms with Crippen LogP contribution in [-0.4, -0.2) is 30.4 Å². The quantitative estimate of drug-likeness (QED) is 0.887. The maximum atomic E-state index is 12.5. The molecule has 1 aromatic rings. The summed E-state index contributed by atoms with van der Waals surface area (Å²) in [5.41, 5.74) is 9.00. The van der Waals surface area contributed by atoms with E-state index in [9.17, 15) is 4.79 Å². The van der Waals surface area contributed by atoms with Crippen LogP contribution in [0, 0.1) is 25.7 Å². The van der Waals surface area contributed by atoms with Gasteiger partial charge in [0.2, 0.25) is 0 Å². The molecule has 3 nitrogen and oxygen atoms in total. The summed E-state index contributed by atoms with van der Waals surface area (Å²) in [5, 5.41) is 0. The van der Waals surface area contributed by atoms with Gasteiger partial charge in [-0.2, -0.15) is 0 Å². The van der Waals surface area contributed by atoms with Gasteiger partial charge in [0.25, 0.3) is 5.91 Å². The molecule has 0 aliphatic carbocycles. The van der Waals surface area contributed by atoms with Crippen molar-refractivity contribution in [3.8, 4) is 0 Å². The molecule has 1 aliphatic heterocycles. The van der Waals surface area contributed by atoms with E-state index in [1.54, 1.807) is 0 Å². The molecule has 1 amide bonds. The average Bonchev–Trinajstić information content (AvgIpc) is 2.41. The molecule has 1 saturated heterocycles. The van der Waals surface area contributed by atoms with Crippen molar-refractivity contribution in [2.45, 2.75) is 27.2 Å². The lowest BCUT2D eigenvalue weighted by atomic mass is 9.87. The first-order valence-electron chi connectivity index (χ1n) is 7.09. The Morgan fingerprint density at radius 2 is 2.11 bits per heavy atom. The molecule has 19 heavy (non-hydrogen) atoms. The number of likely N-dealkylation sites (tertiary alicyclic amines) is 1. The first kappa shape index (κ1) is 14.1. The highest BCUT2D eigenvalue weighted by atomic mass is 16.2. The Morgan fingerprint density at radius 1 is 1.37 bits per heavy atom. The highest BCUT2D eigenvalue weighted by Gasteiger charge is 2.28. The summed E-state index contributed by atoms with van der Waals surface area (Å²) in [4.78, 5) is 14.5. The summed E-state index contributed by atoms with van der Waals surface area (Å²) in [7, 11) is 0. The molecule has 0 aromatic heterocycles. The van der Waals surface area contributed by atoms with Crippen LogP contribution < -0.4 is 5.73 Å². The van der Waals surface area contributed by atoms with Gasteiger partial charge in [0.1, 0.15) is 0 Å². The van der Waals surface area contributed by atoms with E-state index >= 15 is 0 Å². The van der Waals surface area contributed by atoms with Crippen molar-refractivity contribution in [3.05, 3.63) is 34.9 Å². The third-order valence-electron chi connectivity index (χ3n) is 4.46. The van der Waals surface area contributed by atoms with Gasteiger partial charge >= 0.3 is 0 Å². The molecule has 2 N–H and O–H groups in total. The summed E-state index contributed by atoms with van der Waals surface area (Å²) >= 11 is 0. The van der Waals surface area contributed by atoms with Gasteiger partial charge in [-0.3, -0.25) is 4.79 Å². The Morgan fingerprint density at radius 3 is 2.74 bits per heavy atom. The highest BCUT2D eigenvalue weighted by Crippen LogP contribution is 2.24. The summed E-state index contributed by atoms with van der Waals surface area (Å²) in [6.07, 6.45) is 1.05. The molecule has 0 spiro atoms. The molecule has 1 aliphatic rings. The Hall–Kier alpha value is -1.35. The normalized spacial score (nSPS) is 23.5. The van der Waals surface area contributed by atoms with Crippen molar-refractivity contribution < 1.29 is 4.79 Å². The maximum Gasteiger partial charge on any atom is 0.253 e. The van der Waals surface area contributed by atoms with Crippen molar-refractivity contribution >= 4 is 5.91 Å². The third kappa shape index (κ3) is 2.98. The van der Waals surface area contributed by atoms with Gasteiger partial charge < -0.3 is 10.6 Å². The van der Waals surface area contributed by atoms with Crippen molar-refractivity contribution in [2.24, 2.45) is 17.6 Å². The van der Waals surface area contributed by atoms with E-state index in [1.165, 1.54) is 11.1 Å². The maximum absolute atomic E-state index is 12.5. The number of aryl methyl sites for hydroxylation is 2. The average molecular weight is 260 g/mol. The van der Waals surface area contributed by atoms with Gasteiger partial charge in [-0.15, -0.1) is 0 Å². The number of carbonyl (C=O) groups excluding carboxylic acids is 1. The fraction of sp³-hybridized carbons (Fsp3) is 0.562. The number of rotatable bonds is 2. The number of benzene rings is 1. The number of nitrogens with zero attached hydrogens (tertiary/aromatic N) is 1. The molecule has 3 heteroatoms. The zero-order valence-corrected chi connectivity index (χ0v) is 12.1. The first-order chi connectivity index (χ1) is 9.02. The Kier molecular flexibility index (Phi) is 4.25. The van der Waals surface area contributed by atoms with Gasteiger partial charge in [0.05, 0.1) is 0 Å². The van der Waals surface area contributed by atoms with Gasteiger partial charge in [-0.1, -0.05) is 13.0 Å². The molecule has 2 unspecified atom stereocenters. The minimum atomic E-state index is 0.147. The van der Waals surface area contributed by atoms with E-state index < -0.39 is 0 Å². The second-order valence-corrected chi connectivity index (χ2v) is 5.81. The van der Waals surface area contributed by atoms with Crippen molar-refractivity contribution in [3.63, 3.8) is 0 Å². The number of amides is 1. The van der Waals surface area contributed by atoms with Crippen LogP contribution in [-0.2, 0) is 0 Å². The standard InChI is InChI=1S/C16H24N2O/c1-11-4-5-14(8-13(11)3)16(19)18-7-6-12(2)15(9-17)10-18/h4-5,8,12,15H,6-7,9-10,17H2,1-3H3. The van der Waals surface area contributed by atoms with E-state index in [1.807, 2.05) is 30.0 Å². The smallest absolute Gasteiger partial charge is 0.253 e. The Bertz CT molecular complexity index is 470. The molecule has 1 aromatic carbocycles. The van der Waals surface area contributed by atoms with Gasteiger partial charge in [0.15, 0.2) is 0 Å². The molecule has 1 fully saturated rings. The van der Waals surface area contributed by atoms with Crippen LogP contribution >= 0.6 is 0 Å². The second-order valence-electron chi connectivity index (χ2n) is 5.81. The van der Waals surface area contributed by atoms with E-state index in [0.717, 1.165) is 25.1 Å². The number of hydrogen-bond acceptors (Lipinski definition) is 2. The Labute approximate surface area is 115 Å². The molecule has 2 atom stereocenters. The minimum absolute atomic E-state index is 0.147. The highest BCUT2D eigenvalue weighted by molar-refractivity contribution is 5.94. The van der Waals surface area contributed by atoms with E-state index in [0.29, 0.717) is 18.4 Å². The predicted molar refractivity (Wildman–Crippen MR) is 78.1 cm³/mol. The SMILES string of the molecule is Cc1ccc(C(=O)N2CCC(C)C(CN)C2)cc1C. The zero-order chi connectivity index (χ0) is 14.0. The van der Waals surface area contributed by atoms with Gasteiger partial charge in [-0.25, -0.2) is 0 Å². The van der Waals surface area contributed by atoms with Crippen LogP contribution in [0.5, 0.6) is 0 Å². The van der Waals surface area contributed by atoms with Crippen LogP contribution in [0.25, 0.3) is 0 Å². The molecule has 104 valence electrons.